The van der Waals surface area contributed by atoms with Crippen LogP contribution in [0.5, 0.6) is 0 Å². The van der Waals surface area contributed by atoms with Crippen LogP contribution in [0, 0.1) is 5.82 Å². The van der Waals surface area contributed by atoms with E-state index in [1.54, 1.807) is 0 Å². The topological polar surface area (TPSA) is 69.6 Å². The van der Waals surface area contributed by atoms with E-state index in [0.29, 0.717) is 6.42 Å². The summed E-state index contributed by atoms with van der Waals surface area (Å²) in [6.45, 7) is 0.457. The lowest BCUT2D eigenvalue weighted by Gasteiger charge is -2.11. The molecule has 0 atom stereocenters. The fourth-order valence-corrected chi connectivity index (χ4v) is 2.88. The second kappa shape index (κ2) is 7.33. The van der Waals surface area contributed by atoms with Gasteiger partial charge in [0.05, 0.1) is 16.5 Å². The Kier molecular flexibility index (Phi) is 6.35. The summed E-state index contributed by atoms with van der Waals surface area (Å²) in [4.78, 5) is 1.69. The van der Waals surface area contributed by atoms with Crippen molar-refractivity contribution in [2.45, 2.75) is 17.9 Å². The van der Waals surface area contributed by atoms with Crippen LogP contribution in [-0.2, 0) is 16.6 Å². The first kappa shape index (κ1) is 17.3. The van der Waals surface area contributed by atoms with E-state index in [4.69, 9.17) is 16.7 Å². The first-order valence-electron chi connectivity index (χ1n) is 6.01. The molecule has 0 aromatic heterocycles. The normalized spacial score (nSPS) is 12.1. The molecule has 0 saturated carbocycles. The molecule has 0 bridgehead atoms. The summed E-state index contributed by atoms with van der Waals surface area (Å²) in [5.41, 5.74) is 0.0420. The highest BCUT2D eigenvalue weighted by atomic mass is 35.5. The maximum Gasteiger partial charge on any atom is 0.240 e. The van der Waals surface area contributed by atoms with Crippen LogP contribution in [0.1, 0.15) is 12.0 Å². The quantitative estimate of drug-likeness (QED) is 0.740. The van der Waals surface area contributed by atoms with Crippen molar-refractivity contribution in [1.29, 1.82) is 0 Å². The molecule has 1 aromatic carbocycles. The molecule has 0 aliphatic carbocycles. The first-order chi connectivity index (χ1) is 9.27. The first-order valence-corrected chi connectivity index (χ1v) is 7.87. The number of hydrogen-bond donors (Lipinski definition) is 2. The summed E-state index contributed by atoms with van der Waals surface area (Å²) in [6, 6.07) is 2.01. The van der Waals surface area contributed by atoms with Gasteiger partial charge in [-0.05, 0) is 39.2 Å². The van der Waals surface area contributed by atoms with Gasteiger partial charge in [0.1, 0.15) is 5.82 Å². The Hall–Kier alpha value is -0.730. The van der Waals surface area contributed by atoms with E-state index in [2.05, 4.69) is 4.72 Å². The molecule has 0 aliphatic heterocycles. The lowest BCUT2D eigenvalue weighted by molar-refractivity contribution is 0.281. The lowest BCUT2D eigenvalue weighted by atomic mass is 10.2. The molecule has 0 aliphatic rings. The molecule has 0 fully saturated rings. The van der Waals surface area contributed by atoms with Crippen LogP contribution in [0.2, 0.25) is 5.02 Å². The Labute approximate surface area is 123 Å². The summed E-state index contributed by atoms with van der Waals surface area (Å²) in [7, 11) is -0.0373. The molecular weight excluding hydrogens is 307 g/mol. The Morgan fingerprint density at radius 3 is 2.60 bits per heavy atom. The molecule has 2 N–H and O–H groups in total. The van der Waals surface area contributed by atoms with Crippen LogP contribution in [0.4, 0.5) is 4.39 Å². The lowest BCUT2D eigenvalue weighted by Crippen LogP contribution is -2.27. The number of sulfonamides is 1. The second-order valence-corrected chi connectivity index (χ2v) is 6.74. The van der Waals surface area contributed by atoms with Crippen molar-refractivity contribution < 1.29 is 17.9 Å². The number of nitrogens with zero attached hydrogens (tertiary/aromatic N) is 1. The zero-order chi connectivity index (χ0) is 15.3. The van der Waals surface area contributed by atoms with Gasteiger partial charge in [0.2, 0.25) is 10.0 Å². The molecule has 0 unspecified atom stereocenters. The molecular formula is C12H18ClFN2O3S. The van der Waals surface area contributed by atoms with Gasteiger partial charge in [0.25, 0.3) is 0 Å². The van der Waals surface area contributed by atoms with Crippen molar-refractivity contribution in [1.82, 2.24) is 9.62 Å². The molecule has 1 aromatic rings. The van der Waals surface area contributed by atoms with Crippen LogP contribution in [0.15, 0.2) is 17.0 Å². The predicted molar refractivity (Wildman–Crippen MR) is 75.7 cm³/mol. The Morgan fingerprint density at radius 2 is 2.05 bits per heavy atom. The highest BCUT2D eigenvalue weighted by molar-refractivity contribution is 7.89. The molecule has 0 saturated heterocycles. The van der Waals surface area contributed by atoms with E-state index in [1.807, 2.05) is 19.0 Å². The van der Waals surface area contributed by atoms with Crippen molar-refractivity contribution in [3.63, 3.8) is 0 Å². The van der Waals surface area contributed by atoms with Crippen molar-refractivity contribution in [3.8, 4) is 0 Å². The van der Waals surface area contributed by atoms with Gasteiger partial charge in [-0.2, -0.15) is 0 Å². The van der Waals surface area contributed by atoms with E-state index in [9.17, 15) is 12.8 Å². The number of rotatable bonds is 7. The van der Waals surface area contributed by atoms with Gasteiger partial charge >= 0.3 is 0 Å². The number of halogens is 2. The minimum absolute atomic E-state index is 0.0420. The van der Waals surface area contributed by atoms with Gasteiger partial charge in [-0.15, -0.1) is 0 Å². The smallest absolute Gasteiger partial charge is 0.240 e. The zero-order valence-electron chi connectivity index (χ0n) is 11.4. The van der Waals surface area contributed by atoms with Crippen molar-refractivity contribution in [2.24, 2.45) is 0 Å². The van der Waals surface area contributed by atoms with E-state index < -0.39 is 22.4 Å². The average Bonchev–Trinajstić information content (AvgIpc) is 2.37. The van der Waals surface area contributed by atoms with Gasteiger partial charge in [0, 0.05) is 12.1 Å². The average molecular weight is 325 g/mol. The number of aliphatic hydroxyl groups excluding tert-OH is 1. The van der Waals surface area contributed by atoms with Gasteiger partial charge in [-0.1, -0.05) is 11.6 Å². The molecule has 0 radical (unpaired) electrons. The maximum atomic E-state index is 13.5. The monoisotopic (exact) mass is 324 g/mol. The molecule has 20 heavy (non-hydrogen) atoms. The summed E-state index contributed by atoms with van der Waals surface area (Å²) in [6.07, 6.45) is 0.634. The molecule has 8 heteroatoms. The molecule has 1 rings (SSSR count). The van der Waals surface area contributed by atoms with Gasteiger partial charge in [-0.3, -0.25) is 0 Å². The van der Waals surface area contributed by atoms with Gasteiger partial charge < -0.3 is 10.0 Å². The largest absolute Gasteiger partial charge is 0.392 e. The summed E-state index contributed by atoms with van der Waals surface area (Å²) >= 11 is 5.62. The van der Waals surface area contributed by atoms with E-state index in [-0.39, 0.29) is 22.0 Å². The third-order valence-corrected chi connectivity index (χ3v) is 4.50. The Balaban J connectivity index is 2.85. The Morgan fingerprint density at radius 1 is 1.40 bits per heavy atom. The van der Waals surface area contributed by atoms with Crippen LogP contribution in [0.25, 0.3) is 0 Å². The number of hydrogen-bond acceptors (Lipinski definition) is 4. The van der Waals surface area contributed by atoms with Crippen LogP contribution in [0.3, 0.4) is 0 Å². The molecule has 114 valence electrons. The molecule has 0 spiro atoms. The SMILES string of the molecule is CN(C)CCCNS(=O)(=O)c1cc(F)c(Cl)c(CO)c1. The Bertz CT molecular complexity index is 564. The fourth-order valence-electron chi connectivity index (χ4n) is 1.57. The highest BCUT2D eigenvalue weighted by Crippen LogP contribution is 2.24. The highest BCUT2D eigenvalue weighted by Gasteiger charge is 2.18. The summed E-state index contributed by atoms with van der Waals surface area (Å²) in [5.74, 6) is -0.869. The molecule has 0 heterocycles. The van der Waals surface area contributed by atoms with Crippen molar-refractivity contribution in [3.05, 3.63) is 28.5 Å². The van der Waals surface area contributed by atoms with Gasteiger partial charge in [-0.25, -0.2) is 17.5 Å². The van der Waals surface area contributed by atoms with Crippen LogP contribution < -0.4 is 4.72 Å². The second-order valence-electron chi connectivity index (χ2n) is 4.59. The summed E-state index contributed by atoms with van der Waals surface area (Å²) in [5, 5.41) is 8.77. The maximum absolute atomic E-state index is 13.5. The molecule has 5 nitrogen and oxygen atoms in total. The standard InChI is InChI=1S/C12H18ClFN2O3S/c1-16(2)5-3-4-15-20(18,19)10-6-9(8-17)12(13)11(14)7-10/h6-7,15,17H,3-5,8H2,1-2H3. The minimum Gasteiger partial charge on any atom is -0.392 e. The number of aliphatic hydroxyl groups is 1. The number of nitrogens with one attached hydrogen (secondary N) is 1. The third-order valence-electron chi connectivity index (χ3n) is 2.63. The van der Waals surface area contributed by atoms with Crippen molar-refractivity contribution in [2.75, 3.05) is 27.2 Å². The zero-order valence-corrected chi connectivity index (χ0v) is 12.9. The summed E-state index contributed by atoms with van der Waals surface area (Å²) < 4.78 is 39.9. The van der Waals surface area contributed by atoms with E-state index in [1.165, 1.54) is 6.07 Å². The van der Waals surface area contributed by atoms with Crippen molar-refractivity contribution >= 4 is 21.6 Å². The van der Waals surface area contributed by atoms with E-state index >= 15 is 0 Å². The van der Waals surface area contributed by atoms with Crippen LogP contribution in [-0.4, -0.2) is 45.6 Å². The minimum atomic E-state index is -3.81. The fraction of sp³-hybridized carbons (Fsp3) is 0.500. The van der Waals surface area contributed by atoms with Gasteiger partial charge in [0.15, 0.2) is 0 Å². The predicted octanol–water partition coefficient (Wildman–Crippen LogP) is 1.20. The molecule has 0 amide bonds. The third kappa shape index (κ3) is 4.68. The van der Waals surface area contributed by atoms with E-state index in [0.717, 1.165) is 12.6 Å². The number of benzene rings is 1. The van der Waals surface area contributed by atoms with Crippen LogP contribution >= 0.6 is 11.6 Å².